The van der Waals surface area contributed by atoms with Crippen molar-refractivity contribution < 1.29 is 19.4 Å². The molecule has 0 atom stereocenters. The Balaban J connectivity index is 3.15. The van der Waals surface area contributed by atoms with Gasteiger partial charge in [-0.3, -0.25) is 0 Å². The summed E-state index contributed by atoms with van der Waals surface area (Å²) in [7, 11) is 0. The van der Waals surface area contributed by atoms with Crippen molar-refractivity contribution in [1.29, 1.82) is 0 Å². The number of amides is 1. The summed E-state index contributed by atoms with van der Waals surface area (Å²) in [5, 5.41) is 14.1. The monoisotopic (exact) mass is 269 g/mol. The van der Waals surface area contributed by atoms with Gasteiger partial charge in [-0.15, -0.1) is 0 Å². The third-order valence-corrected chi connectivity index (χ3v) is 2.31. The highest BCUT2D eigenvalue weighted by molar-refractivity contribution is 5.91. The minimum absolute atomic E-state index is 0.725. The maximum absolute atomic E-state index is 12.2. The maximum Gasteiger partial charge on any atom is 0.431 e. The number of aliphatic carboxylic acids is 1. The lowest BCUT2D eigenvalue weighted by atomic mass is 10.1. The first-order valence-electron chi connectivity index (χ1n) is 5.82. The number of ether oxygens (including phenoxy) is 1. The standard InChI is InChI=1S/C12H19N3O4/c1-11(2,3)19-10(18)15(12(4,5)9(16)17)14-8-6-7-13-14/h6-8H,1-5H3,(H,16,17). The molecule has 0 unspecified atom stereocenters. The van der Waals surface area contributed by atoms with Crippen molar-refractivity contribution >= 4 is 12.1 Å². The van der Waals surface area contributed by atoms with Crippen molar-refractivity contribution in [2.75, 3.05) is 5.01 Å². The molecule has 0 spiro atoms. The van der Waals surface area contributed by atoms with Crippen LogP contribution in [0.2, 0.25) is 0 Å². The van der Waals surface area contributed by atoms with Gasteiger partial charge in [0.1, 0.15) is 5.60 Å². The van der Waals surface area contributed by atoms with Crippen molar-refractivity contribution in [1.82, 2.24) is 9.89 Å². The van der Waals surface area contributed by atoms with Crippen molar-refractivity contribution in [3.63, 3.8) is 0 Å². The zero-order valence-corrected chi connectivity index (χ0v) is 11.7. The van der Waals surface area contributed by atoms with Crippen LogP contribution in [0.1, 0.15) is 34.6 Å². The maximum atomic E-state index is 12.2. The highest BCUT2D eigenvalue weighted by Crippen LogP contribution is 2.18. The van der Waals surface area contributed by atoms with E-state index >= 15 is 0 Å². The molecule has 19 heavy (non-hydrogen) atoms. The van der Waals surface area contributed by atoms with Crippen LogP contribution in [0.3, 0.4) is 0 Å². The molecule has 0 aromatic carbocycles. The predicted octanol–water partition coefficient (Wildman–Crippen LogP) is 1.62. The summed E-state index contributed by atoms with van der Waals surface area (Å²) in [5.41, 5.74) is -2.22. The second-order valence-corrected chi connectivity index (χ2v) is 5.58. The van der Waals surface area contributed by atoms with E-state index in [0.717, 1.165) is 9.80 Å². The molecule has 0 saturated heterocycles. The molecule has 1 aromatic rings. The van der Waals surface area contributed by atoms with Crippen LogP contribution in [0.25, 0.3) is 0 Å². The number of hydrogen-bond donors (Lipinski definition) is 1. The molecule has 0 fully saturated rings. The number of hydrogen-bond acceptors (Lipinski definition) is 4. The Morgan fingerprint density at radius 3 is 2.21 bits per heavy atom. The van der Waals surface area contributed by atoms with E-state index in [0.29, 0.717) is 0 Å². The normalized spacial score (nSPS) is 12.1. The second kappa shape index (κ2) is 4.91. The number of rotatable bonds is 3. The minimum Gasteiger partial charge on any atom is -0.479 e. The van der Waals surface area contributed by atoms with Gasteiger partial charge in [0.15, 0.2) is 5.54 Å². The van der Waals surface area contributed by atoms with Crippen molar-refractivity contribution in [2.24, 2.45) is 0 Å². The third kappa shape index (κ3) is 3.46. The Morgan fingerprint density at radius 2 is 1.84 bits per heavy atom. The molecule has 0 aliphatic carbocycles. The average Bonchev–Trinajstić information content (AvgIpc) is 2.67. The second-order valence-electron chi connectivity index (χ2n) is 5.58. The SMILES string of the molecule is CC(C)(C)OC(=O)N(n1cccn1)C(C)(C)C(=O)O. The lowest BCUT2D eigenvalue weighted by molar-refractivity contribution is -0.142. The average molecular weight is 269 g/mol. The van der Waals surface area contributed by atoms with Crippen LogP contribution in [0.15, 0.2) is 18.5 Å². The molecule has 1 rings (SSSR count). The van der Waals surface area contributed by atoms with Gasteiger partial charge in [-0.25, -0.2) is 9.59 Å². The van der Waals surface area contributed by atoms with Crippen LogP contribution in [-0.4, -0.2) is 38.2 Å². The molecular weight excluding hydrogens is 250 g/mol. The first-order valence-corrected chi connectivity index (χ1v) is 5.82. The van der Waals surface area contributed by atoms with Gasteiger partial charge in [0.2, 0.25) is 0 Å². The van der Waals surface area contributed by atoms with Crippen LogP contribution in [0.5, 0.6) is 0 Å². The Morgan fingerprint density at radius 1 is 1.26 bits per heavy atom. The summed E-state index contributed by atoms with van der Waals surface area (Å²) in [6, 6.07) is 1.59. The first-order chi connectivity index (χ1) is 8.55. The summed E-state index contributed by atoms with van der Waals surface area (Å²) in [4.78, 5) is 24.7. The molecule has 0 bridgehead atoms. The van der Waals surface area contributed by atoms with Crippen molar-refractivity contribution in [2.45, 2.75) is 45.8 Å². The van der Waals surface area contributed by atoms with Crippen LogP contribution in [-0.2, 0) is 9.53 Å². The smallest absolute Gasteiger partial charge is 0.431 e. The van der Waals surface area contributed by atoms with E-state index in [1.807, 2.05) is 0 Å². The zero-order chi connectivity index (χ0) is 14.8. The van der Waals surface area contributed by atoms with Crippen molar-refractivity contribution in [3.05, 3.63) is 18.5 Å². The first kappa shape index (κ1) is 15.0. The molecule has 1 N–H and O–H groups in total. The number of carbonyl (C=O) groups excluding carboxylic acids is 1. The number of nitrogens with zero attached hydrogens (tertiary/aromatic N) is 3. The minimum atomic E-state index is -1.49. The van der Waals surface area contributed by atoms with Gasteiger partial charge in [0, 0.05) is 6.20 Å². The highest BCUT2D eigenvalue weighted by atomic mass is 16.6. The van der Waals surface area contributed by atoms with Gasteiger partial charge < -0.3 is 9.84 Å². The number of carboxylic acids is 1. The molecule has 0 radical (unpaired) electrons. The fourth-order valence-corrected chi connectivity index (χ4v) is 1.34. The molecule has 1 amide bonds. The summed E-state index contributed by atoms with van der Waals surface area (Å²) in [6.45, 7) is 7.93. The number of carboxylic acid groups (broad SMARTS) is 1. The molecule has 1 aromatic heterocycles. The van der Waals surface area contributed by atoms with Crippen LogP contribution in [0, 0.1) is 0 Å². The molecule has 0 saturated carbocycles. The van der Waals surface area contributed by atoms with E-state index in [9.17, 15) is 14.7 Å². The number of aromatic nitrogens is 2. The van der Waals surface area contributed by atoms with Gasteiger partial charge in [-0.2, -0.15) is 14.9 Å². The van der Waals surface area contributed by atoms with E-state index in [1.54, 1.807) is 26.8 Å². The number of carbonyl (C=O) groups is 2. The van der Waals surface area contributed by atoms with Gasteiger partial charge in [-0.1, -0.05) is 0 Å². The summed E-state index contributed by atoms with van der Waals surface area (Å²) in [6.07, 6.45) is 2.16. The fraction of sp³-hybridized carbons (Fsp3) is 0.583. The van der Waals surface area contributed by atoms with E-state index in [4.69, 9.17) is 4.74 Å². The highest BCUT2D eigenvalue weighted by Gasteiger charge is 2.42. The third-order valence-electron chi connectivity index (χ3n) is 2.31. The predicted molar refractivity (Wildman–Crippen MR) is 68.4 cm³/mol. The van der Waals surface area contributed by atoms with Crippen LogP contribution in [0.4, 0.5) is 4.79 Å². The van der Waals surface area contributed by atoms with Gasteiger partial charge in [0.05, 0.1) is 6.20 Å². The molecule has 1 heterocycles. The molecule has 7 nitrogen and oxygen atoms in total. The lowest BCUT2D eigenvalue weighted by Gasteiger charge is -2.35. The van der Waals surface area contributed by atoms with E-state index in [1.165, 1.54) is 26.2 Å². The van der Waals surface area contributed by atoms with Crippen LogP contribution < -0.4 is 5.01 Å². The van der Waals surface area contributed by atoms with Gasteiger partial charge >= 0.3 is 12.1 Å². The Labute approximate surface area is 111 Å². The summed E-state index contributed by atoms with van der Waals surface area (Å²) < 4.78 is 5.22. The Kier molecular flexibility index (Phi) is 3.88. The summed E-state index contributed by atoms with van der Waals surface area (Å²) >= 11 is 0. The molecule has 106 valence electrons. The fourth-order valence-electron chi connectivity index (χ4n) is 1.34. The molecule has 0 aliphatic heterocycles. The Hall–Kier alpha value is -2.05. The molecular formula is C12H19N3O4. The van der Waals surface area contributed by atoms with E-state index in [-0.39, 0.29) is 0 Å². The summed E-state index contributed by atoms with van der Waals surface area (Å²) in [5.74, 6) is -1.16. The van der Waals surface area contributed by atoms with Crippen molar-refractivity contribution in [3.8, 4) is 0 Å². The van der Waals surface area contributed by atoms with E-state index in [2.05, 4.69) is 5.10 Å². The van der Waals surface area contributed by atoms with Gasteiger partial charge in [0.25, 0.3) is 0 Å². The largest absolute Gasteiger partial charge is 0.479 e. The quantitative estimate of drug-likeness (QED) is 0.901. The van der Waals surface area contributed by atoms with Gasteiger partial charge in [-0.05, 0) is 40.7 Å². The Bertz CT molecular complexity index is 460. The lowest BCUT2D eigenvalue weighted by Crippen LogP contribution is -2.60. The molecule has 0 aliphatic rings. The topological polar surface area (TPSA) is 84.7 Å². The van der Waals surface area contributed by atoms with E-state index < -0.39 is 23.2 Å². The molecule has 7 heteroatoms. The van der Waals surface area contributed by atoms with Crippen LogP contribution >= 0.6 is 0 Å². The zero-order valence-electron chi connectivity index (χ0n) is 11.7.